The van der Waals surface area contributed by atoms with Crippen molar-refractivity contribution in [2.75, 3.05) is 19.1 Å². The number of hydrogen-bond acceptors (Lipinski definition) is 5. The predicted octanol–water partition coefficient (Wildman–Crippen LogP) is 2.72. The molecule has 2 aromatic carbocycles. The summed E-state index contributed by atoms with van der Waals surface area (Å²) in [4.78, 5) is 14.0. The molecule has 6 nitrogen and oxygen atoms in total. The van der Waals surface area contributed by atoms with E-state index in [1.54, 1.807) is 19.2 Å². The molecule has 0 saturated carbocycles. The SMILES string of the molecule is COc1ccc(CN2C(=O)CCC2CN)cc1-c1cccc(N[O-])c1. The first-order chi connectivity index (χ1) is 12.2. The Morgan fingerprint density at radius 3 is 2.88 bits per heavy atom. The lowest BCUT2D eigenvalue weighted by atomic mass is 10.0. The Labute approximate surface area is 147 Å². The van der Waals surface area contributed by atoms with Crippen LogP contribution in [0.1, 0.15) is 18.4 Å². The third-order valence-corrected chi connectivity index (χ3v) is 4.63. The number of carbonyl (C=O) groups is 1. The van der Waals surface area contributed by atoms with Crippen molar-refractivity contribution in [3.63, 3.8) is 0 Å². The second-order valence-corrected chi connectivity index (χ2v) is 6.17. The summed E-state index contributed by atoms with van der Waals surface area (Å²) in [6, 6.07) is 13.2. The summed E-state index contributed by atoms with van der Waals surface area (Å²) in [5.41, 5.74) is 11.0. The van der Waals surface area contributed by atoms with Crippen LogP contribution in [-0.4, -0.2) is 30.5 Å². The van der Waals surface area contributed by atoms with E-state index in [1.807, 2.05) is 40.7 Å². The average Bonchev–Trinajstić information content (AvgIpc) is 3.01. The molecule has 3 N–H and O–H groups in total. The Morgan fingerprint density at radius 2 is 2.16 bits per heavy atom. The first-order valence-electron chi connectivity index (χ1n) is 8.31. The molecule has 1 atom stereocenters. The van der Waals surface area contributed by atoms with Gasteiger partial charge in [0.05, 0.1) is 7.11 Å². The van der Waals surface area contributed by atoms with Gasteiger partial charge in [-0.2, -0.15) is 0 Å². The lowest BCUT2D eigenvalue weighted by Gasteiger charge is -2.24. The van der Waals surface area contributed by atoms with Gasteiger partial charge in [-0.1, -0.05) is 18.2 Å². The predicted molar refractivity (Wildman–Crippen MR) is 98.0 cm³/mol. The van der Waals surface area contributed by atoms with Gasteiger partial charge in [-0.05, 0) is 41.8 Å². The zero-order valence-corrected chi connectivity index (χ0v) is 14.2. The van der Waals surface area contributed by atoms with Gasteiger partial charge in [0, 0.05) is 36.8 Å². The summed E-state index contributed by atoms with van der Waals surface area (Å²) < 4.78 is 5.46. The minimum absolute atomic E-state index is 0.103. The quantitative estimate of drug-likeness (QED) is 0.789. The van der Waals surface area contributed by atoms with Gasteiger partial charge in [0.1, 0.15) is 5.75 Å². The fourth-order valence-corrected chi connectivity index (χ4v) is 3.28. The standard InChI is InChI=1S/C19H22N3O3/c1-25-18-7-5-13(12-22-16(11-20)6-8-19(22)23)9-17(18)14-3-2-4-15(10-14)21-24/h2-5,7,9-10,16,21H,6,8,11-12,20H2,1H3/q-1. The minimum atomic E-state index is 0.103. The third-order valence-electron chi connectivity index (χ3n) is 4.63. The molecule has 25 heavy (non-hydrogen) atoms. The molecule has 0 aromatic heterocycles. The summed E-state index contributed by atoms with van der Waals surface area (Å²) in [6.45, 7) is 1.00. The highest BCUT2D eigenvalue weighted by atomic mass is 16.5. The molecule has 3 rings (SSSR count). The maximum atomic E-state index is 12.1. The molecule has 2 aromatic rings. The van der Waals surface area contributed by atoms with Crippen LogP contribution in [0.2, 0.25) is 0 Å². The van der Waals surface area contributed by atoms with Crippen LogP contribution in [0.25, 0.3) is 11.1 Å². The van der Waals surface area contributed by atoms with Gasteiger partial charge in [-0.15, -0.1) is 0 Å². The van der Waals surface area contributed by atoms with E-state index >= 15 is 0 Å². The van der Waals surface area contributed by atoms with Gasteiger partial charge < -0.3 is 26.1 Å². The smallest absolute Gasteiger partial charge is 0.223 e. The van der Waals surface area contributed by atoms with E-state index in [2.05, 4.69) is 0 Å². The van der Waals surface area contributed by atoms with Gasteiger partial charge in [-0.25, -0.2) is 0 Å². The number of methoxy groups -OCH3 is 1. The maximum Gasteiger partial charge on any atom is 0.223 e. The van der Waals surface area contributed by atoms with Crippen LogP contribution < -0.4 is 16.0 Å². The first-order valence-corrected chi connectivity index (χ1v) is 8.31. The molecule has 6 heteroatoms. The maximum absolute atomic E-state index is 12.1. The minimum Gasteiger partial charge on any atom is -0.761 e. The molecule has 0 bridgehead atoms. The zero-order chi connectivity index (χ0) is 17.8. The molecule has 132 valence electrons. The van der Waals surface area contributed by atoms with Crippen LogP contribution in [0.3, 0.4) is 0 Å². The van der Waals surface area contributed by atoms with Gasteiger partial charge in [-0.3, -0.25) is 4.79 Å². The van der Waals surface area contributed by atoms with Crippen LogP contribution in [0.4, 0.5) is 5.69 Å². The van der Waals surface area contributed by atoms with Crippen LogP contribution in [-0.2, 0) is 11.3 Å². The number of carbonyl (C=O) groups excluding carboxylic acids is 1. The largest absolute Gasteiger partial charge is 0.761 e. The zero-order valence-electron chi connectivity index (χ0n) is 14.2. The Bertz CT molecular complexity index is 763. The molecule has 0 spiro atoms. The van der Waals surface area contributed by atoms with E-state index in [1.165, 1.54) is 0 Å². The van der Waals surface area contributed by atoms with Crippen molar-refractivity contribution < 1.29 is 9.53 Å². The number of benzene rings is 2. The van der Waals surface area contributed by atoms with Crippen LogP contribution >= 0.6 is 0 Å². The number of nitrogens with two attached hydrogens (primary N) is 1. The number of nitrogens with zero attached hydrogens (tertiary/aromatic N) is 1. The van der Waals surface area contributed by atoms with E-state index in [0.29, 0.717) is 25.2 Å². The fourth-order valence-electron chi connectivity index (χ4n) is 3.28. The molecular weight excluding hydrogens is 318 g/mol. The van der Waals surface area contributed by atoms with E-state index in [-0.39, 0.29) is 11.9 Å². The normalized spacial score (nSPS) is 17.0. The summed E-state index contributed by atoms with van der Waals surface area (Å²) in [5.74, 6) is 0.861. The van der Waals surface area contributed by atoms with Crippen molar-refractivity contribution in [3.05, 3.63) is 53.2 Å². The topological polar surface area (TPSA) is 90.7 Å². The van der Waals surface area contributed by atoms with Gasteiger partial charge in [0.25, 0.3) is 0 Å². The first kappa shape index (κ1) is 17.3. The second kappa shape index (κ2) is 7.55. The van der Waals surface area contributed by atoms with E-state index in [9.17, 15) is 10.0 Å². The van der Waals surface area contributed by atoms with Crippen molar-refractivity contribution in [2.24, 2.45) is 5.73 Å². The van der Waals surface area contributed by atoms with Gasteiger partial charge in [0.2, 0.25) is 5.91 Å². The molecule has 1 aliphatic rings. The lowest BCUT2D eigenvalue weighted by Crippen LogP contribution is -2.37. The molecular formula is C19H22N3O3-. The Balaban J connectivity index is 1.93. The third kappa shape index (κ3) is 3.60. The van der Waals surface area contributed by atoms with Crippen molar-refractivity contribution >= 4 is 11.6 Å². The van der Waals surface area contributed by atoms with Crippen LogP contribution in [0.5, 0.6) is 5.75 Å². The number of amides is 1. The van der Waals surface area contributed by atoms with Crippen molar-refractivity contribution in [3.8, 4) is 16.9 Å². The fraction of sp³-hybridized carbons (Fsp3) is 0.316. The van der Waals surface area contributed by atoms with Gasteiger partial charge >= 0.3 is 0 Å². The monoisotopic (exact) mass is 340 g/mol. The number of hydrogen-bond donors (Lipinski definition) is 2. The summed E-state index contributed by atoms with van der Waals surface area (Å²) in [7, 11) is 1.61. The van der Waals surface area contributed by atoms with Crippen molar-refractivity contribution in [1.82, 2.24) is 4.90 Å². The average molecular weight is 340 g/mol. The van der Waals surface area contributed by atoms with E-state index in [4.69, 9.17) is 10.5 Å². The Kier molecular flexibility index (Phi) is 5.21. The number of ether oxygens (including phenoxy) is 1. The lowest BCUT2D eigenvalue weighted by molar-refractivity contribution is -0.129. The molecule has 1 unspecified atom stereocenters. The van der Waals surface area contributed by atoms with Gasteiger partial charge in [0.15, 0.2) is 0 Å². The number of anilines is 1. The number of nitrogens with one attached hydrogen (secondary N) is 1. The molecule has 1 fully saturated rings. The molecule has 1 saturated heterocycles. The second-order valence-electron chi connectivity index (χ2n) is 6.17. The summed E-state index contributed by atoms with van der Waals surface area (Å²) in [6.07, 6.45) is 1.37. The Morgan fingerprint density at radius 1 is 1.32 bits per heavy atom. The van der Waals surface area contributed by atoms with E-state index in [0.717, 1.165) is 28.9 Å². The molecule has 0 aliphatic carbocycles. The van der Waals surface area contributed by atoms with Crippen LogP contribution in [0.15, 0.2) is 42.5 Å². The number of rotatable bonds is 6. The molecule has 1 aliphatic heterocycles. The number of likely N-dealkylation sites (tertiary alicyclic amines) is 1. The summed E-state index contributed by atoms with van der Waals surface area (Å²) >= 11 is 0. The highest BCUT2D eigenvalue weighted by molar-refractivity contribution is 5.79. The van der Waals surface area contributed by atoms with E-state index < -0.39 is 0 Å². The Hall–Kier alpha value is -2.57. The molecule has 0 radical (unpaired) electrons. The molecule has 1 amide bonds. The van der Waals surface area contributed by atoms with Crippen LogP contribution in [0, 0.1) is 5.21 Å². The van der Waals surface area contributed by atoms with Crippen molar-refractivity contribution in [2.45, 2.75) is 25.4 Å². The highest BCUT2D eigenvalue weighted by Crippen LogP contribution is 2.33. The summed E-state index contributed by atoms with van der Waals surface area (Å²) in [5, 5.41) is 10.9. The van der Waals surface area contributed by atoms with Crippen molar-refractivity contribution in [1.29, 1.82) is 0 Å². The molecule has 1 heterocycles. The highest BCUT2D eigenvalue weighted by Gasteiger charge is 2.29.